The average Bonchev–Trinajstić information content (AvgIpc) is 2.45. The molecule has 0 aromatic heterocycles. The van der Waals surface area contributed by atoms with Gasteiger partial charge in [-0.3, -0.25) is 0 Å². The molecule has 0 aliphatic carbocycles. The Labute approximate surface area is 115 Å². The summed E-state index contributed by atoms with van der Waals surface area (Å²) >= 11 is 0. The van der Waals surface area contributed by atoms with E-state index in [0.717, 1.165) is 51.3 Å². The average molecular weight is 265 g/mol. The van der Waals surface area contributed by atoms with Crippen LogP contribution in [-0.4, -0.2) is 49.1 Å². The number of halogens is 1. The first-order chi connectivity index (χ1) is 9.19. The van der Waals surface area contributed by atoms with Gasteiger partial charge in [0.15, 0.2) is 0 Å². The minimum atomic E-state index is -0.204. The topological polar surface area (TPSA) is 32.5 Å². The van der Waals surface area contributed by atoms with Crippen molar-refractivity contribution in [1.29, 1.82) is 0 Å². The summed E-state index contributed by atoms with van der Waals surface area (Å²) in [5, 5.41) is 0. The van der Waals surface area contributed by atoms with Crippen molar-refractivity contribution in [2.24, 2.45) is 5.73 Å². The molecule has 0 amide bonds. The SMILES string of the molecule is CCN1CCN(CCC(N)c2cccc(F)c2)CC1. The van der Waals surface area contributed by atoms with Crippen molar-refractivity contribution in [3.8, 4) is 0 Å². The van der Waals surface area contributed by atoms with Crippen LogP contribution in [0.15, 0.2) is 24.3 Å². The molecule has 0 spiro atoms. The van der Waals surface area contributed by atoms with Crippen molar-refractivity contribution in [2.45, 2.75) is 19.4 Å². The second kappa shape index (κ2) is 6.98. The lowest BCUT2D eigenvalue weighted by Gasteiger charge is -2.34. The number of rotatable bonds is 5. The smallest absolute Gasteiger partial charge is 0.123 e. The Balaban J connectivity index is 1.76. The Morgan fingerprint density at radius 3 is 2.53 bits per heavy atom. The first kappa shape index (κ1) is 14.4. The molecule has 1 aromatic carbocycles. The molecule has 2 rings (SSSR count). The van der Waals surface area contributed by atoms with E-state index in [9.17, 15) is 4.39 Å². The Morgan fingerprint density at radius 1 is 1.21 bits per heavy atom. The highest BCUT2D eigenvalue weighted by atomic mass is 19.1. The van der Waals surface area contributed by atoms with Gasteiger partial charge in [0.2, 0.25) is 0 Å². The quantitative estimate of drug-likeness (QED) is 0.882. The molecule has 1 fully saturated rings. The van der Waals surface area contributed by atoms with Crippen LogP contribution in [0, 0.1) is 5.82 Å². The fourth-order valence-electron chi connectivity index (χ4n) is 2.55. The Bertz CT molecular complexity index is 389. The maximum Gasteiger partial charge on any atom is 0.123 e. The third kappa shape index (κ3) is 4.27. The van der Waals surface area contributed by atoms with E-state index in [1.807, 2.05) is 6.07 Å². The zero-order valence-electron chi connectivity index (χ0n) is 11.7. The molecule has 0 bridgehead atoms. The largest absolute Gasteiger partial charge is 0.324 e. The summed E-state index contributed by atoms with van der Waals surface area (Å²) in [7, 11) is 0. The molecule has 4 heteroatoms. The Hall–Kier alpha value is -0.970. The van der Waals surface area contributed by atoms with Crippen LogP contribution in [0.5, 0.6) is 0 Å². The predicted molar refractivity (Wildman–Crippen MR) is 76.5 cm³/mol. The van der Waals surface area contributed by atoms with E-state index in [1.165, 1.54) is 6.07 Å². The van der Waals surface area contributed by atoms with Crippen molar-refractivity contribution in [2.75, 3.05) is 39.3 Å². The van der Waals surface area contributed by atoms with E-state index >= 15 is 0 Å². The normalized spacial score (nSPS) is 19.5. The second-order valence-corrected chi connectivity index (χ2v) is 5.23. The fourth-order valence-corrected chi connectivity index (χ4v) is 2.55. The number of likely N-dealkylation sites (N-methyl/N-ethyl adjacent to an activating group) is 1. The lowest BCUT2D eigenvalue weighted by molar-refractivity contribution is 0.134. The van der Waals surface area contributed by atoms with Gasteiger partial charge in [0, 0.05) is 38.8 Å². The van der Waals surface area contributed by atoms with Crippen LogP contribution in [0.25, 0.3) is 0 Å². The third-order valence-electron chi connectivity index (χ3n) is 3.95. The van der Waals surface area contributed by atoms with E-state index in [2.05, 4.69) is 16.7 Å². The molecule has 1 aliphatic rings. The molecule has 1 aromatic rings. The van der Waals surface area contributed by atoms with Crippen LogP contribution in [0.2, 0.25) is 0 Å². The van der Waals surface area contributed by atoms with Crippen LogP contribution in [-0.2, 0) is 0 Å². The molecule has 1 atom stereocenters. The minimum absolute atomic E-state index is 0.0695. The Kier molecular flexibility index (Phi) is 5.31. The molecular weight excluding hydrogens is 241 g/mol. The lowest BCUT2D eigenvalue weighted by atomic mass is 10.0. The highest BCUT2D eigenvalue weighted by Crippen LogP contribution is 2.16. The van der Waals surface area contributed by atoms with E-state index in [-0.39, 0.29) is 11.9 Å². The number of nitrogens with zero attached hydrogens (tertiary/aromatic N) is 2. The standard InChI is InChI=1S/C15H24FN3/c1-2-18-8-10-19(11-9-18)7-6-15(17)13-4-3-5-14(16)12-13/h3-5,12,15H,2,6-11,17H2,1H3. The van der Waals surface area contributed by atoms with Crippen molar-refractivity contribution in [3.05, 3.63) is 35.6 Å². The highest BCUT2D eigenvalue weighted by Gasteiger charge is 2.16. The zero-order chi connectivity index (χ0) is 13.7. The maximum absolute atomic E-state index is 13.1. The molecule has 1 unspecified atom stereocenters. The minimum Gasteiger partial charge on any atom is -0.324 e. The molecule has 0 radical (unpaired) electrons. The van der Waals surface area contributed by atoms with Gasteiger partial charge in [-0.1, -0.05) is 19.1 Å². The summed E-state index contributed by atoms with van der Waals surface area (Å²) in [6.45, 7) is 8.85. The van der Waals surface area contributed by atoms with Gasteiger partial charge in [0.1, 0.15) is 5.82 Å². The number of hydrogen-bond acceptors (Lipinski definition) is 3. The molecule has 3 nitrogen and oxygen atoms in total. The van der Waals surface area contributed by atoms with Crippen LogP contribution < -0.4 is 5.73 Å². The molecule has 106 valence electrons. The Morgan fingerprint density at radius 2 is 1.89 bits per heavy atom. The maximum atomic E-state index is 13.1. The molecule has 2 N–H and O–H groups in total. The monoisotopic (exact) mass is 265 g/mol. The van der Waals surface area contributed by atoms with Gasteiger partial charge in [-0.15, -0.1) is 0 Å². The summed E-state index contributed by atoms with van der Waals surface area (Å²) in [4.78, 5) is 4.91. The summed E-state index contributed by atoms with van der Waals surface area (Å²) in [6.07, 6.45) is 0.885. The van der Waals surface area contributed by atoms with Crippen molar-refractivity contribution in [1.82, 2.24) is 9.80 Å². The summed E-state index contributed by atoms with van der Waals surface area (Å²) in [5.74, 6) is -0.204. The summed E-state index contributed by atoms with van der Waals surface area (Å²) < 4.78 is 13.1. The first-order valence-electron chi connectivity index (χ1n) is 7.15. The number of piperazine rings is 1. The van der Waals surface area contributed by atoms with Gasteiger partial charge in [-0.05, 0) is 30.7 Å². The lowest BCUT2D eigenvalue weighted by Crippen LogP contribution is -2.46. The van der Waals surface area contributed by atoms with Gasteiger partial charge < -0.3 is 15.5 Å². The number of hydrogen-bond donors (Lipinski definition) is 1. The second-order valence-electron chi connectivity index (χ2n) is 5.23. The van der Waals surface area contributed by atoms with Crippen LogP contribution >= 0.6 is 0 Å². The van der Waals surface area contributed by atoms with Crippen LogP contribution in [0.1, 0.15) is 24.9 Å². The molecular formula is C15H24FN3. The van der Waals surface area contributed by atoms with E-state index < -0.39 is 0 Å². The molecule has 19 heavy (non-hydrogen) atoms. The van der Waals surface area contributed by atoms with Gasteiger partial charge in [0.05, 0.1) is 0 Å². The molecule has 1 saturated heterocycles. The van der Waals surface area contributed by atoms with Crippen molar-refractivity contribution in [3.63, 3.8) is 0 Å². The number of benzene rings is 1. The highest BCUT2D eigenvalue weighted by molar-refractivity contribution is 5.19. The predicted octanol–water partition coefficient (Wildman–Crippen LogP) is 1.85. The van der Waals surface area contributed by atoms with Crippen LogP contribution in [0.4, 0.5) is 4.39 Å². The summed E-state index contributed by atoms with van der Waals surface area (Å²) in [6, 6.07) is 6.56. The van der Waals surface area contributed by atoms with Crippen molar-refractivity contribution >= 4 is 0 Å². The number of nitrogens with two attached hydrogens (primary N) is 1. The first-order valence-corrected chi connectivity index (χ1v) is 7.15. The van der Waals surface area contributed by atoms with E-state index in [0.29, 0.717) is 0 Å². The third-order valence-corrected chi connectivity index (χ3v) is 3.95. The van der Waals surface area contributed by atoms with Crippen molar-refractivity contribution < 1.29 is 4.39 Å². The van der Waals surface area contributed by atoms with Gasteiger partial charge in [-0.2, -0.15) is 0 Å². The van der Waals surface area contributed by atoms with Gasteiger partial charge in [-0.25, -0.2) is 4.39 Å². The van der Waals surface area contributed by atoms with E-state index in [4.69, 9.17) is 5.73 Å². The molecule has 0 saturated carbocycles. The molecule has 1 heterocycles. The van der Waals surface area contributed by atoms with Gasteiger partial charge in [0.25, 0.3) is 0 Å². The van der Waals surface area contributed by atoms with Crippen LogP contribution in [0.3, 0.4) is 0 Å². The summed E-state index contributed by atoms with van der Waals surface area (Å²) in [5.41, 5.74) is 7.03. The fraction of sp³-hybridized carbons (Fsp3) is 0.600. The van der Waals surface area contributed by atoms with Gasteiger partial charge >= 0.3 is 0 Å². The van der Waals surface area contributed by atoms with E-state index in [1.54, 1.807) is 12.1 Å². The molecule has 1 aliphatic heterocycles. The zero-order valence-corrected chi connectivity index (χ0v) is 11.7.